The summed E-state index contributed by atoms with van der Waals surface area (Å²) < 4.78 is 2.47. The van der Waals surface area contributed by atoms with E-state index in [1.807, 2.05) is 60.7 Å². The van der Waals surface area contributed by atoms with Crippen LogP contribution in [-0.2, 0) is 0 Å². The third-order valence-electron chi connectivity index (χ3n) is 3.22. The molecule has 1 heterocycles. The molecule has 0 spiro atoms. The van der Waals surface area contributed by atoms with E-state index in [1.165, 1.54) is 11.6 Å². The molecule has 3 aromatic rings. The van der Waals surface area contributed by atoms with Crippen LogP contribution in [0.2, 0.25) is 0 Å². The number of carbonyl (C=O) groups excluding carboxylic acids is 1. The van der Waals surface area contributed by atoms with Gasteiger partial charge in [0.25, 0.3) is 0 Å². The number of rotatable bonds is 2. The minimum atomic E-state index is -0.0889. The van der Waals surface area contributed by atoms with Gasteiger partial charge in [-0.1, -0.05) is 60.7 Å². The Hall–Kier alpha value is -1.95. The molecule has 0 N–H and O–H groups in total. The van der Waals surface area contributed by atoms with Gasteiger partial charge in [0.05, 0.1) is 9.26 Å². The van der Waals surface area contributed by atoms with Crippen molar-refractivity contribution in [1.82, 2.24) is 9.78 Å². The molecule has 0 fully saturated rings. The van der Waals surface area contributed by atoms with E-state index >= 15 is 0 Å². The molecular formula is C17H13IN2O. The van der Waals surface area contributed by atoms with Crippen LogP contribution in [-0.4, -0.2) is 15.7 Å². The largest absolute Gasteiger partial charge is 0.273 e. The average Bonchev–Trinajstić information content (AvgIpc) is 2.87. The Morgan fingerprint density at radius 3 is 2.00 bits per heavy atom. The zero-order chi connectivity index (χ0) is 14.8. The summed E-state index contributed by atoms with van der Waals surface area (Å²) in [5, 5.41) is 4.52. The lowest BCUT2D eigenvalue weighted by Crippen LogP contribution is -2.09. The summed E-state index contributed by atoms with van der Waals surface area (Å²) in [6.45, 7) is 1.53. The van der Waals surface area contributed by atoms with E-state index < -0.39 is 0 Å². The first kappa shape index (κ1) is 14.0. The molecule has 2 aromatic carbocycles. The summed E-state index contributed by atoms with van der Waals surface area (Å²) in [5.74, 6) is -0.0889. The topological polar surface area (TPSA) is 34.9 Å². The van der Waals surface area contributed by atoms with E-state index in [9.17, 15) is 4.79 Å². The summed E-state index contributed by atoms with van der Waals surface area (Å²) in [6, 6.07) is 19.8. The fourth-order valence-corrected chi connectivity index (χ4v) is 3.21. The molecule has 0 aliphatic carbocycles. The minimum Gasteiger partial charge on any atom is -0.273 e. The second-order valence-electron chi connectivity index (χ2n) is 4.67. The molecule has 4 heteroatoms. The Balaban J connectivity index is 2.25. The van der Waals surface area contributed by atoms with E-state index in [2.05, 4.69) is 27.7 Å². The Labute approximate surface area is 136 Å². The molecule has 104 valence electrons. The van der Waals surface area contributed by atoms with Gasteiger partial charge in [-0.2, -0.15) is 9.78 Å². The second kappa shape index (κ2) is 5.81. The molecule has 3 rings (SSSR count). The second-order valence-corrected chi connectivity index (χ2v) is 5.75. The fourth-order valence-electron chi connectivity index (χ4n) is 2.25. The molecule has 3 nitrogen and oxygen atoms in total. The van der Waals surface area contributed by atoms with Crippen molar-refractivity contribution in [2.45, 2.75) is 6.92 Å². The highest BCUT2D eigenvalue weighted by molar-refractivity contribution is 14.1. The van der Waals surface area contributed by atoms with Gasteiger partial charge in [-0.15, -0.1) is 0 Å². The van der Waals surface area contributed by atoms with Gasteiger partial charge in [-0.25, -0.2) is 0 Å². The van der Waals surface area contributed by atoms with Crippen LogP contribution >= 0.6 is 22.6 Å². The predicted octanol–water partition coefficient (Wildman–Crippen LogP) is 4.48. The van der Waals surface area contributed by atoms with Gasteiger partial charge in [0.1, 0.15) is 5.69 Å². The zero-order valence-electron chi connectivity index (χ0n) is 11.5. The Bertz CT molecular complexity index is 779. The first-order valence-electron chi connectivity index (χ1n) is 6.59. The SMILES string of the molecule is CC(=O)n1nc(-c2ccccc2)c(I)c1-c1ccccc1. The fraction of sp³-hybridized carbons (Fsp3) is 0.0588. The van der Waals surface area contributed by atoms with Crippen LogP contribution in [0.5, 0.6) is 0 Å². The van der Waals surface area contributed by atoms with Crippen LogP contribution in [0.1, 0.15) is 11.7 Å². The van der Waals surface area contributed by atoms with Gasteiger partial charge in [-0.05, 0) is 22.6 Å². The van der Waals surface area contributed by atoms with Gasteiger partial charge in [0, 0.05) is 18.1 Å². The first-order chi connectivity index (χ1) is 10.2. The normalized spacial score (nSPS) is 10.6. The lowest BCUT2D eigenvalue weighted by Gasteiger charge is -2.03. The van der Waals surface area contributed by atoms with Crippen molar-refractivity contribution in [3.05, 3.63) is 64.2 Å². The highest BCUT2D eigenvalue weighted by Gasteiger charge is 2.20. The van der Waals surface area contributed by atoms with Gasteiger partial charge in [0.2, 0.25) is 5.91 Å². The van der Waals surface area contributed by atoms with Gasteiger partial charge >= 0.3 is 0 Å². The Kier molecular flexibility index (Phi) is 3.88. The zero-order valence-corrected chi connectivity index (χ0v) is 13.6. The third kappa shape index (κ3) is 2.63. The van der Waals surface area contributed by atoms with Crippen molar-refractivity contribution in [2.24, 2.45) is 0 Å². The van der Waals surface area contributed by atoms with Crippen LogP contribution in [0.4, 0.5) is 0 Å². The van der Waals surface area contributed by atoms with Crippen molar-refractivity contribution < 1.29 is 4.79 Å². The van der Waals surface area contributed by atoms with Crippen molar-refractivity contribution in [3.8, 4) is 22.5 Å². The third-order valence-corrected chi connectivity index (χ3v) is 4.24. The van der Waals surface area contributed by atoms with Gasteiger partial charge in [-0.3, -0.25) is 4.79 Å². The van der Waals surface area contributed by atoms with Crippen molar-refractivity contribution in [1.29, 1.82) is 0 Å². The lowest BCUT2D eigenvalue weighted by atomic mass is 10.1. The predicted molar refractivity (Wildman–Crippen MR) is 92.1 cm³/mol. The molecule has 0 radical (unpaired) electrons. The standard InChI is InChI=1S/C17H13IN2O/c1-12(21)20-17(14-10-6-3-7-11-14)15(18)16(19-20)13-8-4-2-5-9-13/h2-11H,1H3. The van der Waals surface area contributed by atoms with Crippen molar-refractivity contribution in [2.75, 3.05) is 0 Å². The molecule has 0 saturated heterocycles. The lowest BCUT2D eigenvalue weighted by molar-refractivity contribution is 0.0923. The van der Waals surface area contributed by atoms with Crippen LogP contribution in [0.15, 0.2) is 60.7 Å². The molecule has 0 aliphatic heterocycles. The maximum atomic E-state index is 11.9. The van der Waals surface area contributed by atoms with Gasteiger partial charge in [0.15, 0.2) is 0 Å². The Morgan fingerprint density at radius 1 is 0.952 bits per heavy atom. The highest BCUT2D eigenvalue weighted by atomic mass is 127. The van der Waals surface area contributed by atoms with Crippen molar-refractivity contribution in [3.63, 3.8) is 0 Å². The van der Waals surface area contributed by atoms with Gasteiger partial charge < -0.3 is 0 Å². The van der Waals surface area contributed by atoms with E-state index in [4.69, 9.17) is 0 Å². The quantitative estimate of drug-likeness (QED) is 0.607. The molecule has 0 unspecified atom stereocenters. The minimum absolute atomic E-state index is 0.0889. The van der Waals surface area contributed by atoms with Crippen LogP contribution in [0.25, 0.3) is 22.5 Å². The summed E-state index contributed by atoms with van der Waals surface area (Å²) in [6.07, 6.45) is 0. The summed E-state index contributed by atoms with van der Waals surface area (Å²) >= 11 is 2.27. The summed E-state index contributed by atoms with van der Waals surface area (Å²) in [4.78, 5) is 11.9. The number of hydrogen-bond donors (Lipinski definition) is 0. The number of hydrogen-bond acceptors (Lipinski definition) is 2. The molecule has 0 amide bonds. The van der Waals surface area contributed by atoms with Crippen LogP contribution < -0.4 is 0 Å². The number of carbonyl (C=O) groups is 1. The molecule has 0 aliphatic rings. The molecular weight excluding hydrogens is 375 g/mol. The monoisotopic (exact) mass is 388 g/mol. The molecule has 1 aromatic heterocycles. The molecule has 0 saturated carbocycles. The molecule has 0 bridgehead atoms. The van der Waals surface area contributed by atoms with E-state index in [1.54, 1.807) is 0 Å². The maximum absolute atomic E-state index is 11.9. The average molecular weight is 388 g/mol. The van der Waals surface area contributed by atoms with E-state index in [0.29, 0.717) is 0 Å². The number of halogens is 1. The summed E-state index contributed by atoms with van der Waals surface area (Å²) in [7, 11) is 0. The number of aromatic nitrogens is 2. The number of benzene rings is 2. The van der Waals surface area contributed by atoms with E-state index in [0.717, 1.165) is 26.1 Å². The highest BCUT2D eigenvalue weighted by Crippen LogP contribution is 2.33. The van der Waals surface area contributed by atoms with E-state index in [-0.39, 0.29) is 5.91 Å². The molecule has 0 atom stereocenters. The first-order valence-corrected chi connectivity index (χ1v) is 7.66. The number of nitrogens with zero attached hydrogens (tertiary/aromatic N) is 2. The van der Waals surface area contributed by atoms with Crippen molar-refractivity contribution >= 4 is 28.5 Å². The maximum Gasteiger partial charge on any atom is 0.244 e. The smallest absolute Gasteiger partial charge is 0.244 e. The van der Waals surface area contributed by atoms with Crippen LogP contribution in [0, 0.1) is 3.57 Å². The van der Waals surface area contributed by atoms with Crippen LogP contribution in [0.3, 0.4) is 0 Å². The Morgan fingerprint density at radius 2 is 1.48 bits per heavy atom. The molecule has 21 heavy (non-hydrogen) atoms. The summed E-state index contributed by atoms with van der Waals surface area (Å²) in [5.41, 5.74) is 3.69.